The van der Waals surface area contributed by atoms with Gasteiger partial charge in [-0.15, -0.1) is 11.3 Å². The monoisotopic (exact) mass is 331 g/mol. The third-order valence-corrected chi connectivity index (χ3v) is 6.31. The summed E-state index contributed by atoms with van der Waals surface area (Å²) in [7, 11) is -3.07. The lowest BCUT2D eigenvalue weighted by atomic mass is 10.2. The summed E-state index contributed by atoms with van der Waals surface area (Å²) in [6.45, 7) is 5.30. The fourth-order valence-electron chi connectivity index (χ4n) is 2.21. The Labute approximate surface area is 129 Å². The van der Waals surface area contributed by atoms with E-state index in [0.717, 1.165) is 10.7 Å². The van der Waals surface area contributed by atoms with E-state index in [0.29, 0.717) is 25.4 Å². The first kappa shape index (κ1) is 16.2. The minimum Gasteiger partial charge on any atom is -0.332 e. The number of aromatic nitrogens is 1. The van der Waals surface area contributed by atoms with Gasteiger partial charge >= 0.3 is 6.03 Å². The Morgan fingerprint density at radius 2 is 2.29 bits per heavy atom. The summed E-state index contributed by atoms with van der Waals surface area (Å²) < 4.78 is 23.0. The fourth-order valence-corrected chi connectivity index (χ4v) is 4.03. The second-order valence-electron chi connectivity index (χ2n) is 5.68. The predicted octanol–water partition coefficient (Wildman–Crippen LogP) is 1.60. The average Bonchev–Trinajstić information content (AvgIpc) is 3.04. The van der Waals surface area contributed by atoms with Crippen molar-refractivity contribution in [2.45, 2.75) is 38.0 Å². The number of rotatable bonds is 4. The van der Waals surface area contributed by atoms with E-state index >= 15 is 0 Å². The Morgan fingerprint density at radius 3 is 2.81 bits per heavy atom. The van der Waals surface area contributed by atoms with Gasteiger partial charge in [0.15, 0.2) is 9.84 Å². The van der Waals surface area contributed by atoms with Crippen molar-refractivity contribution in [3.63, 3.8) is 0 Å². The van der Waals surface area contributed by atoms with E-state index in [4.69, 9.17) is 0 Å². The summed E-state index contributed by atoms with van der Waals surface area (Å²) in [4.78, 5) is 18.0. The summed E-state index contributed by atoms with van der Waals surface area (Å²) in [5, 5.41) is 5.36. The Hall–Kier alpha value is -1.15. The Kier molecular flexibility index (Phi) is 4.88. The number of nitrogens with zero attached hydrogens (tertiary/aromatic N) is 2. The van der Waals surface area contributed by atoms with E-state index in [1.54, 1.807) is 16.2 Å². The minimum atomic E-state index is -3.07. The number of likely N-dealkylation sites (tertiary alicyclic amines) is 1. The molecule has 2 amide bonds. The Balaban J connectivity index is 1.85. The van der Waals surface area contributed by atoms with Crippen LogP contribution in [0.3, 0.4) is 0 Å². The van der Waals surface area contributed by atoms with Crippen LogP contribution in [0.4, 0.5) is 4.79 Å². The molecule has 118 valence electrons. The van der Waals surface area contributed by atoms with Crippen molar-refractivity contribution < 1.29 is 13.2 Å². The first-order valence-electron chi connectivity index (χ1n) is 6.93. The number of thiazole rings is 1. The van der Waals surface area contributed by atoms with Gasteiger partial charge in [-0.2, -0.15) is 0 Å². The number of amides is 2. The maximum Gasteiger partial charge on any atom is 0.317 e. The molecule has 0 aliphatic carbocycles. The highest BCUT2D eigenvalue weighted by Crippen LogP contribution is 2.19. The zero-order chi connectivity index (χ0) is 15.6. The van der Waals surface area contributed by atoms with Gasteiger partial charge in [-0.3, -0.25) is 0 Å². The van der Waals surface area contributed by atoms with Crippen LogP contribution in [0.1, 0.15) is 36.9 Å². The number of carbonyl (C=O) groups excluding carboxylic acids is 1. The standard InChI is InChI=1S/C13H21N3O3S2/c1-9(2)12-15-10(8-20-12)6-14-13(17)16-5-4-11(7-16)21(3,18)19/h8-9,11H,4-7H2,1-3H3,(H,14,17)/t11-/m1/s1. The van der Waals surface area contributed by atoms with Gasteiger partial charge in [0, 0.05) is 30.6 Å². The van der Waals surface area contributed by atoms with Crippen LogP contribution in [0, 0.1) is 0 Å². The highest BCUT2D eigenvalue weighted by molar-refractivity contribution is 7.91. The summed E-state index contributed by atoms with van der Waals surface area (Å²) in [5.74, 6) is 0.383. The zero-order valence-electron chi connectivity index (χ0n) is 12.5. The molecule has 1 aliphatic heterocycles. The number of urea groups is 1. The highest BCUT2D eigenvalue weighted by Gasteiger charge is 2.32. The molecule has 2 heterocycles. The first-order valence-corrected chi connectivity index (χ1v) is 9.76. The summed E-state index contributed by atoms with van der Waals surface area (Å²) >= 11 is 1.59. The van der Waals surface area contributed by atoms with Crippen molar-refractivity contribution >= 4 is 27.2 Å². The third-order valence-electron chi connectivity index (χ3n) is 3.52. The number of hydrogen-bond acceptors (Lipinski definition) is 5. The lowest BCUT2D eigenvalue weighted by Crippen LogP contribution is -2.39. The second-order valence-corrected chi connectivity index (χ2v) is 8.89. The van der Waals surface area contributed by atoms with Gasteiger partial charge in [0.2, 0.25) is 0 Å². The maximum atomic E-state index is 12.0. The quantitative estimate of drug-likeness (QED) is 0.909. The van der Waals surface area contributed by atoms with Gasteiger partial charge in [0.25, 0.3) is 0 Å². The molecule has 1 saturated heterocycles. The van der Waals surface area contributed by atoms with E-state index < -0.39 is 15.1 Å². The van der Waals surface area contributed by atoms with Gasteiger partial charge in [0.1, 0.15) is 0 Å². The van der Waals surface area contributed by atoms with Gasteiger partial charge in [-0.25, -0.2) is 18.2 Å². The van der Waals surface area contributed by atoms with Crippen LogP contribution in [0.2, 0.25) is 0 Å². The summed E-state index contributed by atoms with van der Waals surface area (Å²) in [6, 6.07) is -0.222. The molecule has 6 nitrogen and oxygen atoms in total. The van der Waals surface area contributed by atoms with Gasteiger partial charge in [0.05, 0.1) is 22.5 Å². The molecule has 0 aromatic carbocycles. The van der Waals surface area contributed by atoms with E-state index in [1.165, 1.54) is 6.26 Å². The molecule has 1 atom stereocenters. The predicted molar refractivity (Wildman–Crippen MR) is 83.3 cm³/mol. The minimum absolute atomic E-state index is 0.222. The molecular weight excluding hydrogens is 310 g/mol. The molecule has 0 unspecified atom stereocenters. The third kappa shape index (κ3) is 4.16. The van der Waals surface area contributed by atoms with Crippen LogP contribution < -0.4 is 5.32 Å². The second kappa shape index (κ2) is 6.31. The van der Waals surface area contributed by atoms with E-state index in [9.17, 15) is 13.2 Å². The normalized spacial score (nSPS) is 19.2. The van der Waals surface area contributed by atoms with Gasteiger partial charge < -0.3 is 10.2 Å². The number of nitrogens with one attached hydrogen (secondary N) is 1. The average molecular weight is 331 g/mol. The van der Waals surface area contributed by atoms with Crippen molar-refractivity contribution in [3.8, 4) is 0 Å². The molecule has 2 rings (SSSR count). The van der Waals surface area contributed by atoms with E-state index in [2.05, 4.69) is 24.1 Å². The molecule has 1 fully saturated rings. The number of hydrogen-bond donors (Lipinski definition) is 1. The molecule has 21 heavy (non-hydrogen) atoms. The summed E-state index contributed by atoms with van der Waals surface area (Å²) in [5.41, 5.74) is 0.843. The molecule has 1 N–H and O–H groups in total. The van der Waals surface area contributed by atoms with Crippen molar-refractivity contribution in [3.05, 3.63) is 16.1 Å². The van der Waals surface area contributed by atoms with Crippen LogP contribution >= 0.6 is 11.3 Å². The smallest absolute Gasteiger partial charge is 0.317 e. The maximum absolute atomic E-state index is 12.0. The van der Waals surface area contributed by atoms with Crippen molar-refractivity contribution in [1.29, 1.82) is 0 Å². The number of carbonyl (C=O) groups is 1. The van der Waals surface area contributed by atoms with Crippen LogP contribution in [-0.4, -0.2) is 48.9 Å². The van der Waals surface area contributed by atoms with Crippen LogP contribution in [0.25, 0.3) is 0 Å². The van der Waals surface area contributed by atoms with Gasteiger partial charge in [-0.1, -0.05) is 13.8 Å². The van der Waals surface area contributed by atoms with Crippen molar-refractivity contribution in [2.24, 2.45) is 0 Å². The largest absolute Gasteiger partial charge is 0.332 e. The fraction of sp³-hybridized carbons (Fsp3) is 0.692. The topological polar surface area (TPSA) is 79.4 Å². The van der Waals surface area contributed by atoms with Crippen LogP contribution in [-0.2, 0) is 16.4 Å². The molecule has 1 aromatic rings. The zero-order valence-corrected chi connectivity index (χ0v) is 14.1. The molecule has 0 saturated carbocycles. The number of sulfone groups is 1. The van der Waals surface area contributed by atoms with Crippen LogP contribution in [0.5, 0.6) is 0 Å². The molecular formula is C13H21N3O3S2. The SMILES string of the molecule is CC(C)c1nc(CNC(=O)N2CC[C@@H](S(C)(=O)=O)C2)cs1. The molecule has 1 aromatic heterocycles. The molecule has 0 spiro atoms. The molecule has 0 radical (unpaired) electrons. The highest BCUT2D eigenvalue weighted by atomic mass is 32.2. The van der Waals surface area contributed by atoms with Crippen molar-refractivity contribution in [1.82, 2.24) is 15.2 Å². The van der Waals surface area contributed by atoms with Crippen molar-refractivity contribution in [2.75, 3.05) is 19.3 Å². The summed E-state index contributed by atoms with van der Waals surface area (Å²) in [6.07, 6.45) is 1.74. The van der Waals surface area contributed by atoms with Crippen LogP contribution in [0.15, 0.2) is 5.38 Å². The van der Waals surface area contributed by atoms with E-state index in [-0.39, 0.29) is 12.6 Å². The molecule has 8 heteroatoms. The van der Waals surface area contributed by atoms with Gasteiger partial charge in [-0.05, 0) is 6.42 Å². The Morgan fingerprint density at radius 1 is 1.57 bits per heavy atom. The van der Waals surface area contributed by atoms with E-state index in [1.807, 2.05) is 5.38 Å². The molecule has 1 aliphatic rings. The lowest BCUT2D eigenvalue weighted by molar-refractivity contribution is 0.208. The Bertz CT molecular complexity index is 610. The molecule has 0 bridgehead atoms. The lowest BCUT2D eigenvalue weighted by Gasteiger charge is -2.16. The first-order chi connectivity index (χ1) is 9.77.